The number of aliphatic hydroxyl groups is 1. The first-order valence-corrected chi connectivity index (χ1v) is 3.32. The van der Waals surface area contributed by atoms with E-state index in [4.69, 9.17) is 9.84 Å². The molecule has 0 bridgehead atoms. The van der Waals surface area contributed by atoms with Gasteiger partial charge in [0.1, 0.15) is 6.10 Å². The molecule has 3 nitrogen and oxygen atoms in total. The molecule has 2 unspecified atom stereocenters. The molecule has 1 rings (SSSR count). The summed E-state index contributed by atoms with van der Waals surface area (Å²) in [5.41, 5.74) is 0. The summed E-state index contributed by atoms with van der Waals surface area (Å²) in [4.78, 5) is 0. The summed E-state index contributed by atoms with van der Waals surface area (Å²) in [6.45, 7) is 1.01. The molecule has 1 aliphatic heterocycles. The van der Waals surface area contributed by atoms with Crippen molar-refractivity contribution in [1.29, 1.82) is 0 Å². The zero-order valence-corrected chi connectivity index (χ0v) is 5.63. The Morgan fingerprint density at radius 3 is 2.78 bits per heavy atom. The Morgan fingerprint density at radius 1 is 1.67 bits per heavy atom. The Hall–Kier alpha value is -0.120. The molecule has 0 aliphatic carbocycles. The number of ether oxygens (including phenoxy) is 1. The summed E-state index contributed by atoms with van der Waals surface area (Å²) < 4.78 is 4.79. The van der Waals surface area contributed by atoms with Gasteiger partial charge in [-0.25, -0.2) is 0 Å². The van der Waals surface area contributed by atoms with Crippen molar-refractivity contribution < 1.29 is 9.84 Å². The van der Waals surface area contributed by atoms with E-state index in [0.717, 1.165) is 19.4 Å². The van der Waals surface area contributed by atoms with Crippen LogP contribution in [0.4, 0.5) is 0 Å². The summed E-state index contributed by atoms with van der Waals surface area (Å²) in [7, 11) is 1.92. The SMILES string of the molecule is CNCCCC1OC1O. The van der Waals surface area contributed by atoms with Gasteiger partial charge in [0.05, 0.1) is 0 Å². The molecule has 3 heteroatoms. The second kappa shape index (κ2) is 3.15. The monoisotopic (exact) mass is 131 g/mol. The molecule has 1 aliphatic rings. The molecule has 0 aromatic carbocycles. The quantitative estimate of drug-likeness (QED) is 0.407. The van der Waals surface area contributed by atoms with Crippen LogP contribution in [0.3, 0.4) is 0 Å². The van der Waals surface area contributed by atoms with Crippen LogP contribution in [-0.4, -0.2) is 31.1 Å². The first-order valence-electron chi connectivity index (χ1n) is 3.32. The first kappa shape index (κ1) is 6.99. The Bertz CT molecular complexity index is 87.1. The number of hydrogen-bond donors (Lipinski definition) is 2. The molecule has 2 atom stereocenters. The van der Waals surface area contributed by atoms with Crippen LogP contribution in [0.25, 0.3) is 0 Å². The van der Waals surface area contributed by atoms with Gasteiger partial charge >= 0.3 is 0 Å². The molecule has 9 heavy (non-hydrogen) atoms. The van der Waals surface area contributed by atoms with Crippen LogP contribution in [0.2, 0.25) is 0 Å². The predicted molar refractivity (Wildman–Crippen MR) is 34.0 cm³/mol. The Balaban J connectivity index is 1.83. The molecule has 0 saturated carbocycles. The van der Waals surface area contributed by atoms with Gasteiger partial charge in [-0.05, 0) is 26.4 Å². The number of nitrogens with one attached hydrogen (secondary N) is 1. The molecule has 0 spiro atoms. The minimum absolute atomic E-state index is 0.137. The fraction of sp³-hybridized carbons (Fsp3) is 1.00. The van der Waals surface area contributed by atoms with Gasteiger partial charge in [0.25, 0.3) is 0 Å². The van der Waals surface area contributed by atoms with E-state index >= 15 is 0 Å². The second-order valence-corrected chi connectivity index (χ2v) is 2.31. The van der Waals surface area contributed by atoms with Crippen molar-refractivity contribution in [1.82, 2.24) is 5.32 Å². The highest BCUT2D eigenvalue weighted by molar-refractivity contribution is 4.74. The van der Waals surface area contributed by atoms with E-state index in [1.165, 1.54) is 0 Å². The minimum atomic E-state index is -0.457. The lowest BCUT2D eigenvalue weighted by atomic mass is 10.2. The standard InChI is InChI=1S/C6H13NO2/c1-7-4-2-3-5-6(8)9-5/h5-8H,2-4H2,1H3. The van der Waals surface area contributed by atoms with E-state index in [0.29, 0.717) is 0 Å². The van der Waals surface area contributed by atoms with Crippen LogP contribution < -0.4 is 5.32 Å². The second-order valence-electron chi connectivity index (χ2n) is 2.31. The average Bonchev–Trinajstić information content (AvgIpc) is 2.48. The maximum Gasteiger partial charge on any atom is 0.181 e. The molecule has 0 radical (unpaired) electrons. The lowest BCUT2D eigenvalue weighted by Gasteiger charge is -1.93. The smallest absolute Gasteiger partial charge is 0.181 e. The van der Waals surface area contributed by atoms with Gasteiger partial charge in [0.15, 0.2) is 6.29 Å². The molecule has 0 aromatic heterocycles. The van der Waals surface area contributed by atoms with E-state index in [1.54, 1.807) is 0 Å². The maximum absolute atomic E-state index is 8.68. The largest absolute Gasteiger partial charge is 0.366 e. The molecule has 2 N–H and O–H groups in total. The summed E-state index contributed by atoms with van der Waals surface area (Å²) in [6, 6.07) is 0. The first-order chi connectivity index (χ1) is 4.34. The van der Waals surface area contributed by atoms with Gasteiger partial charge in [0.2, 0.25) is 0 Å². The highest BCUT2D eigenvalue weighted by Gasteiger charge is 2.35. The van der Waals surface area contributed by atoms with Gasteiger partial charge in [-0.3, -0.25) is 0 Å². The summed E-state index contributed by atoms with van der Waals surface area (Å²) >= 11 is 0. The highest BCUT2D eigenvalue weighted by atomic mass is 16.7. The van der Waals surface area contributed by atoms with Gasteiger partial charge in [0, 0.05) is 0 Å². The molecule has 0 aromatic rings. The van der Waals surface area contributed by atoms with Crippen LogP contribution in [-0.2, 0) is 4.74 Å². The fourth-order valence-electron chi connectivity index (χ4n) is 0.824. The van der Waals surface area contributed by atoms with Gasteiger partial charge in [-0.1, -0.05) is 0 Å². The Morgan fingerprint density at radius 2 is 2.33 bits per heavy atom. The molecule has 0 amide bonds. The lowest BCUT2D eigenvalue weighted by molar-refractivity contribution is 0.156. The number of aliphatic hydroxyl groups excluding tert-OH is 1. The maximum atomic E-state index is 8.68. The summed E-state index contributed by atoms with van der Waals surface area (Å²) in [6.07, 6.45) is 1.74. The van der Waals surface area contributed by atoms with Gasteiger partial charge in [-0.2, -0.15) is 0 Å². The van der Waals surface area contributed by atoms with E-state index < -0.39 is 6.29 Å². The molecule has 1 saturated heterocycles. The van der Waals surface area contributed by atoms with Crippen molar-refractivity contribution in [3.05, 3.63) is 0 Å². The Labute approximate surface area is 55.0 Å². The average molecular weight is 131 g/mol. The third-order valence-electron chi connectivity index (χ3n) is 1.47. The van der Waals surface area contributed by atoms with E-state index in [9.17, 15) is 0 Å². The van der Waals surface area contributed by atoms with Crippen molar-refractivity contribution in [2.24, 2.45) is 0 Å². The summed E-state index contributed by atoms with van der Waals surface area (Å²) in [5.74, 6) is 0. The molecule has 1 fully saturated rings. The van der Waals surface area contributed by atoms with Crippen molar-refractivity contribution >= 4 is 0 Å². The summed E-state index contributed by atoms with van der Waals surface area (Å²) in [5, 5.41) is 11.7. The topological polar surface area (TPSA) is 44.8 Å². The normalized spacial score (nSPS) is 32.7. The van der Waals surface area contributed by atoms with Crippen LogP contribution in [0.15, 0.2) is 0 Å². The zero-order chi connectivity index (χ0) is 6.69. The molecule has 1 heterocycles. The number of hydrogen-bond acceptors (Lipinski definition) is 3. The number of epoxide rings is 1. The van der Waals surface area contributed by atoms with Gasteiger partial charge < -0.3 is 15.2 Å². The third kappa shape index (κ3) is 2.30. The minimum Gasteiger partial charge on any atom is -0.366 e. The van der Waals surface area contributed by atoms with Crippen LogP contribution >= 0.6 is 0 Å². The number of rotatable bonds is 4. The third-order valence-corrected chi connectivity index (χ3v) is 1.47. The highest BCUT2D eigenvalue weighted by Crippen LogP contribution is 2.22. The van der Waals surface area contributed by atoms with Crippen molar-refractivity contribution in [2.45, 2.75) is 25.2 Å². The van der Waals surface area contributed by atoms with Gasteiger partial charge in [-0.15, -0.1) is 0 Å². The molecular formula is C6H13NO2. The van der Waals surface area contributed by atoms with Crippen LogP contribution in [0, 0.1) is 0 Å². The fourth-order valence-corrected chi connectivity index (χ4v) is 0.824. The van der Waals surface area contributed by atoms with Crippen LogP contribution in [0.1, 0.15) is 12.8 Å². The zero-order valence-electron chi connectivity index (χ0n) is 5.63. The Kier molecular flexibility index (Phi) is 2.45. The molecular weight excluding hydrogens is 118 g/mol. The molecule has 54 valence electrons. The van der Waals surface area contributed by atoms with E-state index in [1.807, 2.05) is 7.05 Å². The van der Waals surface area contributed by atoms with E-state index in [-0.39, 0.29) is 6.10 Å². The van der Waals surface area contributed by atoms with Crippen LogP contribution in [0.5, 0.6) is 0 Å². The van der Waals surface area contributed by atoms with Crippen molar-refractivity contribution in [3.63, 3.8) is 0 Å². The van der Waals surface area contributed by atoms with E-state index in [2.05, 4.69) is 5.32 Å². The predicted octanol–water partition coefficient (Wildman–Crippen LogP) is -0.297. The van der Waals surface area contributed by atoms with Crippen molar-refractivity contribution in [2.75, 3.05) is 13.6 Å². The van der Waals surface area contributed by atoms with Crippen molar-refractivity contribution in [3.8, 4) is 0 Å². The lowest BCUT2D eigenvalue weighted by Crippen LogP contribution is -2.08.